The van der Waals surface area contributed by atoms with Gasteiger partial charge in [-0.1, -0.05) is 27.7 Å². The Hall–Kier alpha value is -0.180. The summed E-state index contributed by atoms with van der Waals surface area (Å²) in [7, 11) is 0. The lowest BCUT2D eigenvalue weighted by Gasteiger charge is -2.20. The third kappa shape index (κ3) is 5.53. The Morgan fingerprint density at radius 3 is 2.07 bits per heavy atom. The first kappa shape index (κ1) is 13.8. The minimum Gasteiger partial charge on any atom is -0.353 e. The van der Waals surface area contributed by atoms with Crippen molar-refractivity contribution in [2.45, 2.75) is 52.3 Å². The Morgan fingerprint density at radius 2 is 1.71 bits per heavy atom. The fourth-order valence-corrected chi connectivity index (χ4v) is 1.47. The van der Waals surface area contributed by atoms with Crippen LogP contribution < -0.4 is 5.32 Å². The lowest BCUT2D eigenvalue weighted by Crippen LogP contribution is -2.40. The van der Waals surface area contributed by atoms with Crippen LogP contribution in [0.15, 0.2) is 0 Å². The Morgan fingerprint density at radius 1 is 1.21 bits per heavy atom. The van der Waals surface area contributed by atoms with Gasteiger partial charge in [0.1, 0.15) is 0 Å². The molecule has 0 aliphatic heterocycles. The fourth-order valence-electron chi connectivity index (χ4n) is 1.40. The molecule has 0 saturated carbocycles. The van der Waals surface area contributed by atoms with E-state index in [9.17, 15) is 4.79 Å². The number of amides is 1. The van der Waals surface area contributed by atoms with Crippen LogP contribution >= 0.6 is 12.6 Å². The fraction of sp³-hybridized carbons (Fsp3) is 0.909. The summed E-state index contributed by atoms with van der Waals surface area (Å²) in [6.07, 6.45) is 1.02. The van der Waals surface area contributed by atoms with Crippen molar-refractivity contribution in [1.82, 2.24) is 5.32 Å². The number of carbonyl (C=O) groups is 1. The van der Waals surface area contributed by atoms with Crippen molar-refractivity contribution in [3.8, 4) is 0 Å². The smallest absolute Gasteiger partial charge is 0.233 e. The molecule has 0 saturated heterocycles. The standard InChI is InChI=1S/C11H23NOS/c1-7(2)6-9(5)12-11(13)10(14)8(3)4/h7-10,14H,6H2,1-5H3,(H,12,13). The number of carbonyl (C=O) groups excluding carboxylic acids is 1. The van der Waals surface area contributed by atoms with E-state index in [-0.39, 0.29) is 23.1 Å². The second-order valence-electron chi connectivity index (χ2n) is 4.73. The molecular formula is C11H23NOS. The van der Waals surface area contributed by atoms with E-state index in [1.165, 1.54) is 0 Å². The zero-order valence-corrected chi connectivity index (χ0v) is 10.8. The quantitative estimate of drug-likeness (QED) is 0.681. The molecule has 0 rings (SSSR count). The number of thiol groups is 1. The second kappa shape index (κ2) is 6.33. The van der Waals surface area contributed by atoms with Crippen molar-refractivity contribution >= 4 is 18.5 Å². The molecule has 0 bridgehead atoms. The van der Waals surface area contributed by atoms with Gasteiger partial charge in [0.2, 0.25) is 5.91 Å². The molecule has 0 aliphatic carbocycles. The monoisotopic (exact) mass is 217 g/mol. The molecule has 0 aromatic carbocycles. The van der Waals surface area contributed by atoms with Crippen molar-refractivity contribution in [2.75, 3.05) is 0 Å². The van der Waals surface area contributed by atoms with Crippen LogP contribution in [0, 0.1) is 11.8 Å². The Balaban J connectivity index is 3.93. The highest BCUT2D eigenvalue weighted by Crippen LogP contribution is 2.10. The van der Waals surface area contributed by atoms with Gasteiger partial charge in [-0.05, 0) is 25.2 Å². The summed E-state index contributed by atoms with van der Waals surface area (Å²) < 4.78 is 0. The minimum atomic E-state index is -0.190. The molecule has 3 heteroatoms. The molecule has 2 nitrogen and oxygen atoms in total. The maximum atomic E-state index is 11.6. The summed E-state index contributed by atoms with van der Waals surface area (Å²) in [5.74, 6) is 0.948. The van der Waals surface area contributed by atoms with E-state index >= 15 is 0 Å². The number of hydrogen-bond donors (Lipinski definition) is 2. The summed E-state index contributed by atoms with van der Waals surface area (Å²) in [4.78, 5) is 11.6. The zero-order valence-electron chi connectivity index (χ0n) is 9.87. The topological polar surface area (TPSA) is 29.1 Å². The Labute approximate surface area is 93.3 Å². The van der Waals surface area contributed by atoms with Gasteiger partial charge in [0, 0.05) is 6.04 Å². The van der Waals surface area contributed by atoms with Gasteiger partial charge < -0.3 is 5.32 Å². The maximum absolute atomic E-state index is 11.6. The van der Waals surface area contributed by atoms with Gasteiger partial charge in [-0.15, -0.1) is 0 Å². The van der Waals surface area contributed by atoms with E-state index in [1.54, 1.807) is 0 Å². The molecule has 0 radical (unpaired) electrons. The molecule has 14 heavy (non-hydrogen) atoms. The predicted octanol–water partition coefficient (Wildman–Crippen LogP) is 2.49. The molecule has 2 unspecified atom stereocenters. The predicted molar refractivity (Wildman–Crippen MR) is 64.7 cm³/mol. The van der Waals surface area contributed by atoms with Gasteiger partial charge >= 0.3 is 0 Å². The van der Waals surface area contributed by atoms with Gasteiger partial charge in [-0.25, -0.2) is 0 Å². The van der Waals surface area contributed by atoms with E-state index in [0.717, 1.165) is 6.42 Å². The first-order valence-corrected chi connectivity index (χ1v) is 5.84. The van der Waals surface area contributed by atoms with Crippen LogP contribution in [0.5, 0.6) is 0 Å². The third-order valence-corrected chi connectivity index (χ3v) is 2.94. The summed E-state index contributed by atoms with van der Waals surface area (Å²) in [5, 5.41) is 2.79. The van der Waals surface area contributed by atoms with E-state index in [2.05, 4.69) is 31.8 Å². The summed E-state index contributed by atoms with van der Waals surface area (Å²) in [6.45, 7) is 10.4. The average Bonchev–Trinajstić information content (AvgIpc) is 2.00. The van der Waals surface area contributed by atoms with Crippen LogP contribution in [-0.2, 0) is 4.79 Å². The van der Waals surface area contributed by atoms with E-state index in [4.69, 9.17) is 0 Å². The summed E-state index contributed by atoms with van der Waals surface area (Å²) in [5.41, 5.74) is 0. The zero-order chi connectivity index (χ0) is 11.3. The van der Waals surface area contributed by atoms with Crippen LogP contribution in [0.3, 0.4) is 0 Å². The van der Waals surface area contributed by atoms with Gasteiger partial charge in [0.05, 0.1) is 5.25 Å². The van der Waals surface area contributed by atoms with Gasteiger partial charge in [0.25, 0.3) is 0 Å². The number of rotatable bonds is 5. The second-order valence-corrected chi connectivity index (χ2v) is 5.28. The third-order valence-electron chi connectivity index (χ3n) is 2.11. The molecule has 0 aliphatic rings. The Bertz CT molecular complexity index is 180. The average molecular weight is 217 g/mol. The molecule has 1 amide bonds. The normalized spacial score (nSPS) is 15.7. The lowest BCUT2D eigenvalue weighted by atomic mass is 10.0. The molecule has 0 aromatic rings. The molecule has 84 valence electrons. The van der Waals surface area contributed by atoms with Gasteiger partial charge in [-0.3, -0.25) is 4.79 Å². The maximum Gasteiger partial charge on any atom is 0.233 e. The molecule has 0 fully saturated rings. The Kier molecular flexibility index (Phi) is 6.25. The highest BCUT2D eigenvalue weighted by molar-refractivity contribution is 7.81. The van der Waals surface area contributed by atoms with E-state index in [0.29, 0.717) is 5.92 Å². The molecule has 0 heterocycles. The van der Waals surface area contributed by atoms with Crippen molar-refractivity contribution in [3.05, 3.63) is 0 Å². The van der Waals surface area contributed by atoms with Crippen LogP contribution in [0.2, 0.25) is 0 Å². The van der Waals surface area contributed by atoms with Crippen molar-refractivity contribution < 1.29 is 4.79 Å². The van der Waals surface area contributed by atoms with Gasteiger partial charge in [0.15, 0.2) is 0 Å². The largest absolute Gasteiger partial charge is 0.353 e. The first-order valence-electron chi connectivity index (χ1n) is 5.33. The number of nitrogens with one attached hydrogen (secondary N) is 1. The van der Waals surface area contributed by atoms with Crippen LogP contribution in [0.25, 0.3) is 0 Å². The van der Waals surface area contributed by atoms with Crippen LogP contribution in [0.1, 0.15) is 41.0 Å². The number of hydrogen-bond acceptors (Lipinski definition) is 2. The molecule has 1 N–H and O–H groups in total. The first-order chi connectivity index (χ1) is 6.34. The van der Waals surface area contributed by atoms with Crippen molar-refractivity contribution in [3.63, 3.8) is 0 Å². The highest BCUT2D eigenvalue weighted by Gasteiger charge is 2.19. The van der Waals surface area contributed by atoms with Crippen molar-refractivity contribution in [2.24, 2.45) is 11.8 Å². The van der Waals surface area contributed by atoms with Crippen LogP contribution in [0.4, 0.5) is 0 Å². The summed E-state index contributed by atoms with van der Waals surface area (Å²) in [6, 6.07) is 0.246. The molecule has 2 atom stereocenters. The molecule has 0 spiro atoms. The lowest BCUT2D eigenvalue weighted by molar-refractivity contribution is -0.121. The minimum absolute atomic E-state index is 0.0523. The van der Waals surface area contributed by atoms with Gasteiger partial charge in [-0.2, -0.15) is 12.6 Å². The molecule has 0 aromatic heterocycles. The highest BCUT2D eigenvalue weighted by atomic mass is 32.1. The SMILES string of the molecule is CC(C)CC(C)NC(=O)C(S)C(C)C. The van der Waals surface area contributed by atoms with Crippen LogP contribution in [-0.4, -0.2) is 17.2 Å². The summed E-state index contributed by atoms with van der Waals surface area (Å²) >= 11 is 4.27. The van der Waals surface area contributed by atoms with Crippen molar-refractivity contribution in [1.29, 1.82) is 0 Å². The van der Waals surface area contributed by atoms with E-state index in [1.807, 2.05) is 20.8 Å². The molecular weight excluding hydrogens is 194 g/mol. The van der Waals surface area contributed by atoms with E-state index < -0.39 is 0 Å².